The van der Waals surface area contributed by atoms with E-state index in [0.29, 0.717) is 15.8 Å². The van der Waals surface area contributed by atoms with Gasteiger partial charge in [-0.15, -0.1) is 0 Å². The van der Waals surface area contributed by atoms with E-state index in [1.54, 1.807) is 18.2 Å². The molecule has 4 nitrogen and oxygen atoms in total. The molecular formula is C17H16BrNO3. The van der Waals surface area contributed by atoms with Crippen LogP contribution in [0.2, 0.25) is 0 Å². The zero-order chi connectivity index (χ0) is 16.1. The van der Waals surface area contributed by atoms with Crippen molar-refractivity contribution in [2.75, 3.05) is 11.9 Å². The SMILES string of the molecule is Cc1cccc(NC(=O)COc2ccc(C=O)cc2Br)c1C. The van der Waals surface area contributed by atoms with Gasteiger partial charge in [0.2, 0.25) is 0 Å². The molecule has 0 spiro atoms. The topological polar surface area (TPSA) is 55.4 Å². The van der Waals surface area contributed by atoms with Crippen molar-refractivity contribution in [3.05, 3.63) is 57.6 Å². The molecule has 0 aliphatic rings. The number of benzene rings is 2. The van der Waals surface area contributed by atoms with Gasteiger partial charge in [0.05, 0.1) is 4.47 Å². The third-order valence-electron chi connectivity index (χ3n) is 3.33. The normalized spacial score (nSPS) is 10.1. The van der Waals surface area contributed by atoms with Gasteiger partial charge in [0, 0.05) is 11.3 Å². The average molecular weight is 362 g/mol. The second-order valence-electron chi connectivity index (χ2n) is 4.89. The molecule has 0 unspecified atom stereocenters. The molecule has 1 amide bonds. The molecular weight excluding hydrogens is 346 g/mol. The van der Waals surface area contributed by atoms with Crippen molar-refractivity contribution >= 4 is 33.8 Å². The molecule has 0 saturated carbocycles. The van der Waals surface area contributed by atoms with Crippen molar-refractivity contribution in [2.45, 2.75) is 13.8 Å². The first-order chi connectivity index (χ1) is 10.5. The van der Waals surface area contributed by atoms with E-state index in [1.807, 2.05) is 32.0 Å². The predicted octanol–water partition coefficient (Wildman–Crippen LogP) is 3.90. The average Bonchev–Trinajstić information content (AvgIpc) is 2.50. The highest BCUT2D eigenvalue weighted by Gasteiger charge is 2.08. The molecule has 1 N–H and O–H groups in total. The Morgan fingerprint density at radius 3 is 2.73 bits per heavy atom. The number of aldehydes is 1. The number of halogens is 1. The smallest absolute Gasteiger partial charge is 0.262 e. The number of hydrogen-bond acceptors (Lipinski definition) is 3. The fourth-order valence-corrected chi connectivity index (χ4v) is 2.43. The van der Waals surface area contributed by atoms with Crippen molar-refractivity contribution in [1.82, 2.24) is 0 Å². The summed E-state index contributed by atoms with van der Waals surface area (Å²) >= 11 is 3.31. The maximum absolute atomic E-state index is 12.0. The van der Waals surface area contributed by atoms with Gasteiger partial charge in [0.25, 0.3) is 5.91 Å². The first-order valence-corrected chi connectivity index (χ1v) is 7.54. The van der Waals surface area contributed by atoms with Crippen LogP contribution in [0.3, 0.4) is 0 Å². The van der Waals surface area contributed by atoms with E-state index in [-0.39, 0.29) is 12.5 Å². The molecule has 0 bridgehead atoms. The van der Waals surface area contributed by atoms with Crippen LogP contribution in [0.4, 0.5) is 5.69 Å². The van der Waals surface area contributed by atoms with Gasteiger partial charge >= 0.3 is 0 Å². The van der Waals surface area contributed by atoms with Crippen molar-refractivity contribution in [3.63, 3.8) is 0 Å². The number of hydrogen-bond donors (Lipinski definition) is 1. The number of nitrogens with one attached hydrogen (secondary N) is 1. The van der Waals surface area contributed by atoms with E-state index in [0.717, 1.165) is 23.1 Å². The highest BCUT2D eigenvalue weighted by Crippen LogP contribution is 2.25. The third-order valence-corrected chi connectivity index (χ3v) is 3.95. The Morgan fingerprint density at radius 2 is 2.05 bits per heavy atom. The van der Waals surface area contributed by atoms with Crippen LogP contribution in [0.1, 0.15) is 21.5 Å². The Labute approximate surface area is 137 Å². The summed E-state index contributed by atoms with van der Waals surface area (Å²) in [6, 6.07) is 10.7. The Bertz CT molecular complexity index is 713. The molecule has 5 heteroatoms. The van der Waals surface area contributed by atoms with Gasteiger partial charge in [-0.25, -0.2) is 0 Å². The lowest BCUT2D eigenvalue weighted by atomic mass is 10.1. The molecule has 22 heavy (non-hydrogen) atoms. The fraction of sp³-hybridized carbons (Fsp3) is 0.176. The lowest BCUT2D eigenvalue weighted by Crippen LogP contribution is -2.20. The van der Waals surface area contributed by atoms with Crippen LogP contribution in [0.25, 0.3) is 0 Å². The largest absolute Gasteiger partial charge is 0.483 e. The first kappa shape index (κ1) is 16.2. The summed E-state index contributed by atoms with van der Waals surface area (Å²) in [7, 11) is 0. The van der Waals surface area contributed by atoms with Crippen molar-refractivity contribution in [3.8, 4) is 5.75 Å². The van der Waals surface area contributed by atoms with E-state index >= 15 is 0 Å². The van der Waals surface area contributed by atoms with Crippen LogP contribution in [-0.2, 0) is 4.79 Å². The maximum Gasteiger partial charge on any atom is 0.262 e. The molecule has 0 saturated heterocycles. The molecule has 0 aliphatic heterocycles. The van der Waals surface area contributed by atoms with Gasteiger partial charge in [0.15, 0.2) is 6.61 Å². The van der Waals surface area contributed by atoms with Crippen LogP contribution in [0.15, 0.2) is 40.9 Å². The lowest BCUT2D eigenvalue weighted by molar-refractivity contribution is -0.118. The van der Waals surface area contributed by atoms with E-state index in [9.17, 15) is 9.59 Å². The van der Waals surface area contributed by atoms with Gasteiger partial charge in [-0.3, -0.25) is 9.59 Å². The van der Waals surface area contributed by atoms with Gasteiger partial charge in [0.1, 0.15) is 12.0 Å². The molecule has 0 heterocycles. The Balaban J connectivity index is 1.98. The van der Waals surface area contributed by atoms with Gasteiger partial charge in [-0.05, 0) is 65.2 Å². The van der Waals surface area contributed by atoms with Crippen LogP contribution in [0, 0.1) is 13.8 Å². The molecule has 2 aromatic rings. The summed E-state index contributed by atoms with van der Waals surface area (Å²) in [6.45, 7) is 3.85. The lowest BCUT2D eigenvalue weighted by Gasteiger charge is -2.12. The molecule has 0 aromatic heterocycles. The van der Waals surface area contributed by atoms with E-state index < -0.39 is 0 Å². The predicted molar refractivity (Wildman–Crippen MR) is 89.6 cm³/mol. The minimum Gasteiger partial charge on any atom is -0.483 e. The van der Waals surface area contributed by atoms with Gasteiger partial charge in [-0.1, -0.05) is 12.1 Å². The van der Waals surface area contributed by atoms with Crippen LogP contribution in [0.5, 0.6) is 5.75 Å². The van der Waals surface area contributed by atoms with Crippen molar-refractivity contribution in [1.29, 1.82) is 0 Å². The molecule has 0 radical (unpaired) electrons. The Morgan fingerprint density at radius 1 is 1.27 bits per heavy atom. The molecule has 2 aromatic carbocycles. The van der Waals surface area contributed by atoms with Gasteiger partial charge in [-0.2, -0.15) is 0 Å². The first-order valence-electron chi connectivity index (χ1n) is 6.75. The zero-order valence-electron chi connectivity index (χ0n) is 12.4. The van der Waals surface area contributed by atoms with Gasteiger partial charge < -0.3 is 10.1 Å². The van der Waals surface area contributed by atoms with E-state index in [2.05, 4.69) is 21.2 Å². The number of ether oxygens (including phenoxy) is 1. The summed E-state index contributed by atoms with van der Waals surface area (Å²) in [5.41, 5.74) is 3.47. The Hall–Kier alpha value is -2.14. The monoisotopic (exact) mass is 361 g/mol. The number of carbonyl (C=O) groups excluding carboxylic acids is 2. The van der Waals surface area contributed by atoms with Crippen LogP contribution in [-0.4, -0.2) is 18.8 Å². The zero-order valence-corrected chi connectivity index (χ0v) is 13.9. The summed E-state index contributed by atoms with van der Waals surface area (Å²) < 4.78 is 6.10. The molecule has 2 rings (SSSR count). The summed E-state index contributed by atoms with van der Waals surface area (Å²) in [5.74, 6) is 0.279. The quantitative estimate of drug-likeness (QED) is 0.821. The van der Waals surface area contributed by atoms with E-state index in [1.165, 1.54) is 0 Å². The minimum atomic E-state index is -0.236. The number of anilines is 1. The summed E-state index contributed by atoms with van der Waals surface area (Å²) in [5, 5.41) is 2.83. The third kappa shape index (κ3) is 3.95. The second kappa shape index (κ2) is 7.22. The van der Waals surface area contributed by atoms with E-state index in [4.69, 9.17) is 4.74 Å². The standard InChI is InChI=1S/C17H16BrNO3/c1-11-4-3-5-15(12(11)2)19-17(21)10-22-16-7-6-13(9-20)8-14(16)18/h3-9H,10H2,1-2H3,(H,19,21). The van der Waals surface area contributed by atoms with Crippen molar-refractivity contribution in [2.24, 2.45) is 0 Å². The minimum absolute atomic E-state index is 0.105. The van der Waals surface area contributed by atoms with Crippen molar-refractivity contribution < 1.29 is 14.3 Å². The number of carbonyl (C=O) groups is 2. The number of aryl methyl sites for hydroxylation is 1. The molecule has 0 atom stereocenters. The highest BCUT2D eigenvalue weighted by molar-refractivity contribution is 9.10. The highest BCUT2D eigenvalue weighted by atomic mass is 79.9. The number of rotatable bonds is 5. The van der Waals surface area contributed by atoms with Crippen LogP contribution >= 0.6 is 15.9 Å². The molecule has 114 valence electrons. The van der Waals surface area contributed by atoms with Crippen LogP contribution < -0.4 is 10.1 Å². The summed E-state index contributed by atoms with van der Waals surface area (Å²) in [4.78, 5) is 22.6. The number of amides is 1. The Kier molecular flexibility index (Phi) is 5.33. The molecule has 0 aliphatic carbocycles. The molecule has 0 fully saturated rings. The second-order valence-corrected chi connectivity index (χ2v) is 5.75. The maximum atomic E-state index is 12.0. The summed E-state index contributed by atoms with van der Waals surface area (Å²) in [6.07, 6.45) is 0.752. The fourth-order valence-electron chi connectivity index (χ4n) is 1.92.